The highest BCUT2D eigenvalue weighted by atomic mass is 35.5. The van der Waals surface area contributed by atoms with Crippen molar-refractivity contribution >= 4 is 23.6 Å². The van der Waals surface area contributed by atoms with Crippen LogP contribution in [0.1, 0.15) is 38.2 Å². The van der Waals surface area contributed by atoms with Gasteiger partial charge in [0.15, 0.2) is 11.0 Å². The zero-order valence-electron chi connectivity index (χ0n) is 16.3. The van der Waals surface area contributed by atoms with E-state index in [2.05, 4.69) is 20.3 Å². The van der Waals surface area contributed by atoms with Gasteiger partial charge < -0.3 is 14.5 Å². The highest BCUT2D eigenvalue weighted by Crippen LogP contribution is 2.25. The van der Waals surface area contributed by atoms with Crippen molar-refractivity contribution in [3.05, 3.63) is 47.1 Å². The number of ether oxygens (including phenoxy) is 1. The monoisotopic (exact) mass is 402 g/mol. The van der Waals surface area contributed by atoms with E-state index in [1.165, 1.54) is 19.3 Å². The second-order valence-corrected chi connectivity index (χ2v) is 7.24. The number of hydrogen-bond acceptors (Lipinski definition) is 6. The first kappa shape index (κ1) is 20.4. The molecule has 2 aromatic rings. The van der Waals surface area contributed by atoms with Crippen LogP contribution in [-0.2, 0) is 4.84 Å². The summed E-state index contributed by atoms with van der Waals surface area (Å²) in [6.45, 7) is 5.27. The van der Waals surface area contributed by atoms with Crippen molar-refractivity contribution in [1.82, 2.24) is 10.2 Å². The summed E-state index contributed by atoms with van der Waals surface area (Å²) >= 11 is 5.81. The van der Waals surface area contributed by atoms with Crippen molar-refractivity contribution in [2.75, 3.05) is 31.2 Å². The Labute approximate surface area is 171 Å². The fourth-order valence-electron chi connectivity index (χ4n) is 3.31. The first-order chi connectivity index (χ1) is 13.7. The molecule has 0 amide bonds. The topological polar surface area (TPSA) is 59.8 Å². The minimum Gasteiger partial charge on any atom is -0.494 e. The van der Waals surface area contributed by atoms with Crippen molar-refractivity contribution in [2.24, 2.45) is 11.1 Å². The zero-order chi connectivity index (χ0) is 19.6. The molecule has 7 heteroatoms. The largest absolute Gasteiger partial charge is 0.494 e. The number of anilines is 1. The predicted octanol–water partition coefficient (Wildman–Crippen LogP) is 4.58. The van der Waals surface area contributed by atoms with Gasteiger partial charge in [0.1, 0.15) is 12.4 Å². The average Bonchev–Trinajstić information content (AvgIpc) is 2.73. The smallest absolute Gasteiger partial charge is 0.151 e. The summed E-state index contributed by atoms with van der Waals surface area (Å²) in [4.78, 5) is 7.25. The van der Waals surface area contributed by atoms with Crippen molar-refractivity contribution < 1.29 is 9.57 Å². The maximum absolute atomic E-state index is 5.86. The van der Waals surface area contributed by atoms with Gasteiger partial charge in [0.2, 0.25) is 0 Å². The van der Waals surface area contributed by atoms with Gasteiger partial charge in [0.05, 0.1) is 12.8 Å². The molecule has 150 valence electrons. The summed E-state index contributed by atoms with van der Waals surface area (Å²) < 4.78 is 5.86. The molecule has 0 atom stereocenters. The number of rotatable bonds is 9. The van der Waals surface area contributed by atoms with Crippen LogP contribution in [0.5, 0.6) is 5.75 Å². The van der Waals surface area contributed by atoms with Crippen LogP contribution in [-0.4, -0.2) is 42.7 Å². The molecule has 1 saturated heterocycles. The van der Waals surface area contributed by atoms with Crippen LogP contribution < -0.4 is 9.64 Å². The molecule has 0 unspecified atom stereocenters. The van der Waals surface area contributed by atoms with Gasteiger partial charge in [-0.2, -0.15) is 0 Å². The molecule has 1 aromatic heterocycles. The molecule has 6 nitrogen and oxygen atoms in total. The fraction of sp³-hybridized carbons (Fsp3) is 0.476. The lowest BCUT2D eigenvalue weighted by atomic mass is 9.92. The molecular weight excluding hydrogens is 376 g/mol. The molecule has 28 heavy (non-hydrogen) atoms. The molecule has 1 fully saturated rings. The quantitative estimate of drug-likeness (QED) is 0.349. The summed E-state index contributed by atoms with van der Waals surface area (Å²) in [5, 5.41) is 12.4. The first-order valence-corrected chi connectivity index (χ1v) is 10.2. The third-order valence-corrected chi connectivity index (χ3v) is 5.07. The molecule has 3 rings (SSSR count). The molecule has 2 heterocycles. The van der Waals surface area contributed by atoms with Crippen LogP contribution in [0.15, 0.2) is 41.6 Å². The average molecular weight is 403 g/mol. The van der Waals surface area contributed by atoms with E-state index >= 15 is 0 Å². The van der Waals surface area contributed by atoms with Crippen LogP contribution in [0.4, 0.5) is 5.82 Å². The number of hydrogen-bond donors (Lipinski definition) is 0. The van der Waals surface area contributed by atoms with E-state index in [9.17, 15) is 0 Å². The molecule has 1 aliphatic rings. The van der Waals surface area contributed by atoms with Gasteiger partial charge in [-0.25, -0.2) is 0 Å². The van der Waals surface area contributed by atoms with Gasteiger partial charge in [-0.15, -0.1) is 10.2 Å². The number of halogens is 1. The molecule has 0 spiro atoms. The summed E-state index contributed by atoms with van der Waals surface area (Å²) in [5.41, 5.74) is 0.998. The summed E-state index contributed by atoms with van der Waals surface area (Å²) in [6, 6.07) is 11.6. The van der Waals surface area contributed by atoms with Crippen LogP contribution >= 0.6 is 11.6 Å². The lowest BCUT2D eigenvalue weighted by Gasteiger charge is -2.32. The highest BCUT2D eigenvalue weighted by Gasteiger charge is 2.20. The number of benzene rings is 1. The van der Waals surface area contributed by atoms with Gasteiger partial charge in [-0.1, -0.05) is 16.8 Å². The number of aromatic nitrogens is 2. The Kier molecular flexibility index (Phi) is 7.91. The predicted molar refractivity (Wildman–Crippen MR) is 112 cm³/mol. The van der Waals surface area contributed by atoms with E-state index in [-0.39, 0.29) is 0 Å². The van der Waals surface area contributed by atoms with Crippen LogP contribution in [0, 0.1) is 5.92 Å². The van der Waals surface area contributed by atoms with Crippen LogP contribution in [0.2, 0.25) is 5.15 Å². The Hall–Kier alpha value is -2.34. The van der Waals surface area contributed by atoms with E-state index < -0.39 is 0 Å². The Bertz CT molecular complexity index is 729. The molecule has 0 N–H and O–H groups in total. The minimum atomic E-state index is 0.437. The van der Waals surface area contributed by atoms with Gasteiger partial charge in [0.25, 0.3) is 0 Å². The molecule has 0 saturated carbocycles. The van der Waals surface area contributed by atoms with Gasteiger partial charge in [0, 0.05) is 13.1 Å². The Morgan fingerprint density at radius 3 is 2.61 bits per heavy atom. The Morgan fingerprint density at radius 2 is 1.93 bits per heavy atom. The second kappa shape index (κ2) is 10.9. The summed E-state index contributed by atoms with van der Waals surface area (Å²) in [6.07, 6.45) is 6.32. The Morgan fingerprint density at radius 1 is 1.14 bits per heavy atom. The first-order valence-electron chi connectivity index (χ1n) is 9.87. The second-order valence-electron chi connectivity index (χ2n) is 6.86. The normalized spacial score (nSPS) is 15.1. The zero-order valence-corrected chi connectivity index (χ0v) is 17.0. The lowest BCUT2D eigenvalue weighted by Crippen LogP contribution is -2.34. The number of oxime groups is 1. The van der Waals surface area contributed by atoms with Crippen LogP contribution in [0.25, 0.3) is 0 Å². The fourth-order valence-corrected chi connectivity index (χ4v) is 3.41. The van der Waals surface area contributed by atoms with Crippen molar-refractivity contribution in [3.63, 3.8) is 0 Å². The summed E-state index contributed by atoms with van der Waals surface area (Å²) in [5.74, 6) is 2.56. The van der Waals surface area contributed by atoms with E-state index in [1.807, 2.05) is 37.3 Å². The molecule has 1 aliphatic heterocycles. The van der Waals surface area contributed by atoms with E-state index in [0.717, 1.165) is 49.2 Å². The minimum absolute atomic E-state index is 0.437. The van der Waals surface area contributed by atoms with Crippen molar-refractivity contribution in [1.29, 1.82) is 0 Å². The maximum Gasteiger partial charge on any atom is 0.151 e. The van der Waals surface area contributed by atoms with E-state index in [1.54, 1.807) is 12.3 Å². The van der Waals surface area contributed by atoms with Crippen molar-refractivity contribution in [2.45, 2.75) is 32.6 Å². The van der Waals surface area contributed by atoms with Gasteiger partial charge in [-0.3, -0.25) is 0 Å². The molecular formula is C21H27ClN4O2. The lowest BCUT2D eigenvalue weighted by molar-refractivity contribution is 0.160. The highest BCUT2D eigenvalue weighted by molar-refractivity contribution is 6.29. The third-order valence-electron chi connectivity index (χ3n) is 4.87. The van der Waals surface area contributed by atoms with Crippen LogP contribution in [0.3, 0.4) is 0 Å². The van der Waals surface area contributed by atoms with Crippen molar-refractivity contribution in [3.8, 4) is 5.75 Å². The van der Waals surface area contributed by atoms with Gasteiger partial charge >= 0.3 is 0 Å². The molecule has 0 aliphatic carbocycles. The molecule has 0 bridgehead atoms. The van der Waals surface area contributed by atoms with E-state index in [0.29, 0.717) is 11.8 Å². The molecule has 1 aromatic carbocycles. The summed E-state index contributed by atoms with van der Waals surface area (Å²) in [7, 11) is 0. The SMILES string of the molecule is CCON=Cc1ccc(OCCCC2CCN(c3ccc(Cl)nn3)CC2)cc1. The Balaban J connectivity index is 1.32. The number of piperidine rings is 1. The number of nitrogens with zero attached hydrogens (tertiary/aromatic N) is 4. The molecule has 0 radical (unpaired) electrons. The van der Waals surface area contributed by atoms with E-state index in [4.69, 9.17) is 21.2 Å². The van der Waals surface area contributed by atoms with Gasteiger partial charge in [-0.05, 0) is 80.5 Å². The third kappa shape index (κ3) is 6.37. The standard InChI is InChI=1S/C21H27ClN4O2/c1-2-28-23-16-18-5-7-19(8-6-18)27-15-3-4-17-11-13-26(14-12-17)21-10-9-20(22)24-25-21/h5-10,16-17H,2-4,11-15H2,1H3. The maximum atomic E-state index is 5.86.